The van der Waals surface area contributed by atoms with Gasteiger partial charge >= 0.3 is 0 Å². The summed E-state index contributed by atoms with van der Waals surface area (Å²) in [5.41, 5.74) is 2.13. The second-order valence-corrected chi connectivity index (χ2v) is 9.34. The fraction of sp³-hybridized carbons (Fsp3) is 0.600. The van der Waals surface area contributed by atoms with Gasteiger partial charge in [-0.3, -0.25) is 5.32 Å². The average molecular weight is 429 g/mol. The minimum absolute atomic E-state index is 0.208. The first-order valence-electron chi connectivity index (χ1n) is 9.73. The summed E-state index contributed by atoms with van der Waals surface area (Å²) in [6.07, 6.45) is 4.44. The number of rotatable bonds is 7. The van der Waals surface area contributed by atoms with Crippen LogP contribution in [0.5, 0.6) is 11.5 Å². The van der Waals surface area contributed by atoms with Gasteiger partial charge in [0.25, 0.3) is 0 Å². The van der Waals surface area contributed by atoms with Crippen LogP contribution >= 0.6 is 23.2 Å². The van der Waals surface area contributed by atoms with Gasteiger partial charge in [-0.15, -0.1) is 0 Å². The van der Waals surface area contributed by atoms with Crippen LogP contribution in [0, 0.1) is 5.92 Å². The maximum atomic E-state index is 10.5. The summed E-state index contributed by atoms with van der Waals surface area (Å²) in [6.45, 7) is 0.760. The van der Waals surface area contributed by atoms with Gasteiger partial charge in [-0.2, -0.15) is 0 Å². The van der Waals surface area contributed by atoms with E-state index < -0.39 is 10.6 Å². The van der Waals surface area contributed by atoms with Crippen LogP contribution in [-0.4, -0.2) is 46.3 Å². The molecule has 0 saturated heterocycles. The van der Waals surface area contributed by atoms with E-state index in [0.717, 1.165) is 31.2 Å². The lowest BCUT2D eigenvalue weighted by atomic mass is 9.80. The van der Waals surface area contributed by atoms with Crippen molar-refractivity contribution in [3.8, 4) is 11.5 Å². The summed E-state index contributed by atoms with van der Waals surface area (Å²) in [5.74, 6) is 1.73. The Morgan fingerprint density at radius 2 is 2.07 bits per heavy atom. The molecule has 6 nitrogen and oxygen atoms in total. The molecular weight excluding hydrogens is 403 g/mol. The molecular formula is C20H26Cl2N2O4. The summed E-state index contributed by atoms with van der Waals surface area (Å²) in [5, 5.41) is 26.9. The summed E-state index contributed by atoms with van der Waals surface area (Å²) < 4.78 is 9.30. The van der Waals surface area contributed by atoms with E-state index in [4.69, 9.17) is 32.7 Å². The fourth-order valence-electron chi connectivity index (χ4n) is 4.26. The highest BCUT2D eigenvalue weighted by Crippen LogP contribution is 2.37. The van der Waals surface area contributed by atoms with Gasteiger partial charge in [-0.1, -0.05) is 29.3 Å². The molecule has 1 aromatic rings. The Morgan fingerprint density at radius 1 is 1.25 bits per heavy atom. The summed E-state index contributed by atoms with van der Waals surface area (Å²) in [6, 6.07) is 5.94. The highest BCUT2D eigenvalue weighted by atomic mass is 35.5. The molecule has 2 aliphatic heterocycles. The average Bonchev–Trinajstić information content (AvgIpc) is 3.27. The number of ether oxygens (including phenoxy) is 2. The molecule has 0 amide bonds. The van der Waals surface area contributed by atoms with Crippen molar-refractivity contribution in [1.29, 1.82) is 0 Å². The van der Waals surface area contributed by atoms with Gasteiger partial charge in [0.1, 0.15) is 6.23 Å². The fourth-order valence-corrected chi connectivity index (χ4v) is 4.72. The Kier molecular flexibility index (Phi) is 5.95. The van der Waals surface area contributed by atoms with Crippen molar-refractivity contribution in [2.45, 2.75) is 54.8 Å². The maximum Gasteiger partial charge on any atom is 0.231 e. The van der Waals surface area contributed by atoms with E-state index in [1.807, 2.05) is 18.2 Å². The van der Waals surface area contributed by atoms with Gasteiger partial charge in [0, 0.05) is 24.9 Å². The van der Waals surface area contributed by atoms with Gasteiger partial charge < -0.3 is 25.0 Å². The largest absolute Gasteiger partial charge is 0.454 e. The Labute approximate surface area is 174 Å². The molecule has 4 rings (SSSR count). The molecule has 4 unspecified atom stereocenters. The van der Waals surface area contributed by atoms with Gasteiger partial charge in [0.2, 0.25) is 6.79 Å². The Hall–Kier alpha value is -1.18. The molecule has 8 heteroatoms. The quantitative estimate of drug-likeness (QED) is 0.394. The number of hydrogen-bond acceptors (Lipinski definition) is 6. The zero-order chi connectivity index (χ0) is 19.7. The smallest absolute Gasteiger partial charge is 0.231 e. The van der Waals surface area contributed by atoms with Gasteiger partial charge in [0.15, 0.2) is 15.8 Å². The van der Waals surface area contributed by atoms with E-state index in [1.165, 1.54) is 5.57 Å². The molecule has 4 atom stereocenters. The predicted octanol–water partition coefficient (Wildman–Crippen LogP) is 2.45. The monoisotopic (exact) mass is 428 g/mol. The van der Waals surface area contributed by atoms with E-state index in [9.17, 15) is 10.2 Å². The molecule has 1 aromatic carbocycles. The first-order valence-corrected chi connectivity index (χ1v) is 10.5. The molecule has 3 aliphatic rings. The van der Waals surface area contributed by atoms with E-state index in [0.29, 0.717) is 30.0 Å². The predicted molar refractivity (Wildman–Crippen MR) is 108 cm³/mol. The van der Waals surface area contributed by atoms with E-state index in [-0.39, 0.29) is 19.3 Å². The third-order valence-electron chi connectivity index (χ3n) is 5.81. The first kappa shape index (κ1) is 20.1. The number of hydrogen-bond donors (Lipinski definition) is 4. The molecule has 0 aromatic heterocycles. The summed E-state index contributed by atoms with van der Waals surface area (Å²) in [7, 11) is 0. The van der Waals surface area contributed by atoms with Crippen LogP contribution in [0.4, 0.5) is 0 Å². The van der Waals surface area contributed by atoms with Crippen LogP contribution in [0.3, 0.4) is 0 Å². The lowest BCUT2D eigenvalue weighted by molar-refractivity contribution is 0.0983. The third kappa shape index (κ3) is 4.36. The number of aliphatic hydroxyl groups is 2. The van der Waals surface area contributed by atoms with Gasteiger partial charge in [0.05, 0.1) is 6.10 Å². The molecule has 0 bridgehead atoms. The molecule has 4 N–H and O–H groups in total. The molecule has 2 heterocycles. The van der Waals surface area contributed by atoms with E-state index in [1.54, 1.807) is 0 Å². The van der Waals surface area contributed by atoms with Crippen LogP contribution in [0.2, 0.25) is 0 Å². The highest BCUT2D eigenvalue weighted by molar-refractivity contribution is 6.49. The zero-order valence-corrected chi connectivity index (χ0v) is 17.0. The van der Waals surface area contributed by atoms with Crippen molar-refractivity contribution in [2.24, 2.45) is 5.92 Å². The second kappa shape index (κ2) is 8.28. The Morgan fingerprint density at radius 3 is 2.93 bits per heavy atom. The van der Waals surface area contributed by atoms with Gasteiger partial charge in [-0.05, 0) is 55.2 Å². The van der Waals surface area contributed by atoms with Crippen molar-refractivity contribution >= 4 is 23.2 Å². The number of alkyl halides is 2. The minimum Gasteiger partial charge on any atom is -0.454 e. The lowest BCUT2D eigenvalue weighted by Crippen LogP contribution is -2.45. The molecule has 0 spiro atoms. The van der Waals surface area contributed by atoms with Crippen molar-refractivity contribution in [3.05, 3.63) is 35.5 Å². The number of aliphatic hydroxyl groups excluding tert-OH is 2. The van der Waals surface area contributed by atoms with Crippen molar-refractivity contribution in [3.63, 3.8) is 0 Å². The standard InChI is InChI=1S/C20H26Cl2N2O4/c21-20(22,9-12-1-4-17-18(7-12)28-11-27-17)19(26)23-6-5-13-10-24-16-3-2-14(25)8-15(13)16/h1,4,7,10,14-16,19,23-26H,2-3,5-6,8-9,11H2. The normalized spacial score (nSPS) is 27.1. The van der Waals surface area contributed by atoms with E-state index in [2.05, 4.69) is 16.8 Å². The lowest BCUT2D eigenvalue weighted by Gasteiger charge is -2.31. The van der Waals surface area contributed by atoms with E-state index >= 15 is 0 Å². The topological polar surface area (TPSA) is 83.0 Å². The summed E-state index contributed by atoms with van der Waals surface area (Å²) >= 11 is 12.8. The number of halogens is 2. The Balaban J connectivity index is 1.27. The number of fused-ring (bicyclic) bond motifs is 2. The second-order valence-electron chi connectivity index (χ2n) is 7.80. The molecule has 0 radical (unpaired) electrons. The van der Waals surface area contributed by atoms with Crippen LogP contribution < -0.4 is 20.1 Å². The molecule has 1 saturated carbocycles. The van der Waals surface area contributed by atoms with Crippen LogP contribution in [0.1, 0.15) is 31.2 Å². The third-order valence-corrected chi connectivity index (χ3v) is 6.49. The first-order chi connectivity index (χ1) is 13.4. The van der Waals surface area contributed by atoms with Crippen molar-refractivity contribution in [2.75, 3.05) is 13.3 Å². The molecule has 1 fully saturated rings. The highest BCUT2D eigenvalue weighted by Gasteiger charge is 2.36. The number of benzene rings is 1. The van der Waals surface area contributed by atoms with Crippen molar-refractivity contribution < 1.29 is 19.7 Å². The van der Waals surface area contributed by atoms with Crippen LogP contribution in [0.15, 0.2) is 30.0 Å². The van der Waals surface area contributed by atoms with Crippen LogP contribution in [0.25, 0.3) is 0 Å². The molecule has 28 heavy (non-hydrogen) atoms. The molecule has 1 aliphatic carbocycles. The SMILES string of the molecule is OC1CCC2NC=C(CCNC(O)C(Cl)(Cl)Cc3ccc4c(c3)OCO4)C2C1. The van der Waals surface area contributed by atoms with Crippen LogP contribution in [-0.2, 0) is 6.42 Å². The van der Waals surface area contributed by atoms with Crippen molar-refractivity contribution in [1.82, 2.24) is 10.6 Å². The molecule has 154 valence electrons. The zero-order valence-electron chi connectivity index (χ0n) is 15.5. The summed E-state index contributed by atoms with van der Waals surface area (Å²) in [4.78, 5) is 0. The Bertz CT molecular complexity index is 743. The number of nitrogens with one attached hydrogen (secondary N) is 2. The minimum atomic E-state index is -1.38. The van der Waals surface area contributed by atoms with Gasteiger partial charge in [-0.25, -0.2) is 0 Å². The maximum absolute atomic E-state index is 10.5.